The van der Waals surface area contributed by atoms with E-state index in [4.69, 9.17) is 14.6 Å². The number of benzene rings is 1. The summed E-state index contributed by atoms with van der Waals surface area (Å²) in [5, 5.41) is 13.4. The topological polar surface area (TPSA) is 96.9 Å². The maximum atomic E-state index is 10.4. The summed E-state index contributed by atoms with van der Waals surface area (Å²) in [7, 11) is 1.75. The fourth-order valence-corrected chi connectivity index (χ4v) is 1.38. The number of ether oxygens (including phenoxy) is 2. The first-order valence-electron chi connectivity index (χ1n) is 6.92. The molecule has 124 valence electrons. The van der Waals surface area contributed by atoms with Gasteiger partial charge in [0.2, 0.25) is 0 Å². The fourth-order valence-electron chi connectivity index (χ4n) is 1.38. The second kappa shape index (κ2) is 12.6. The summed E-state index contributed by atoms with van der Waals surface area (Å²) >= 11 is 0. The number of likely N-dealkylation sites (N-methyl/N-ethyl adjacent to an activating group) is 1. The van der Waals surface area contributed by atoms with Gasteiger partial charge in [0, 0.05) is 20.1 Å². The Morgan fingerprint density at radius 3 is 2.36 bits per heavy atom. The van der Waals surface area contributed by atoms with Crippen molar-refractivity contribution in [3.05, 3.63) is 35.9 Å². The van der Waals surface area contributed by atoms with Gasteiger partial charge < -0.3 is 19.9 Å². The van der Waals surface area contributed by atoms with E-state index in [1.807, 2.05) is 37.3 Å². The number of hydrogen-bond donors (Lipinski definition) is 3. The SMILES string of the molecule is CCOC(COC(C)=O)NC.O=C(O)NCc1ccccc1. The summed E-state index contributed by atoms with van der Waals surface area (Å²) in [5.74, 6) is -0.287. The van der Waals surface area contributed by atoms with Crippen LogP contribution in [0.25, 0.3) is 0 Å². The Hall–Kier alpha value is -2.12. The standard InChI is InChI=1S/C8H9NO2.C7H15NO3/c10-8(11)9-6-7-4-2-1-3-5-7;1-4-10-7(8-3)5-11-6(2)9/h1-5,9H,6H2,(H,10,11);7-8H,4-5H2,1-3H3. The van der Waals surface area contributed by atoms with E-state index in [0.717, 1.165) is 5.56 Å². The quantitative estimate of drug-likeness (QED) is 0.522. The van der Waals surface area contributed by atoms with Crippen molar-refractivity contribution in [2.45, 2.75) is 26.6 Å². The molecule has 0 aliphatic rings. The monoisotopic (exact) mass is 312 g/mol. The molecule has 1 rings (SSSR count). The van der Waals surface area contributed by atoms with Crippen LogP contribution in [0.15, 0.2) is 30.3 Å². The average Bonchev–Trinajstić information content (AvgIpc) is 2.51. The largest absolute Gasteiger partial charge is 0.465 e. The lowest BCUT2D eigenvalue weighted by Gasteiger charge is -2.14. The van der Waals surface area contributed by atoms with Gasteiger partial charge in [-0.2, -0.15) is 0 Å². The predicted octanol–water partition coefficient (Wildman–Crippen LogP) is 1.59. The maximum Gasteiger partial charge on any atom is 0.404 e. The van der Waals surface area contributed by atoms with E-state index in [1.165, 1.54) is 6.92 Å². The van der Waals surface area contributed by atoms with Gasteiger partial charge in [-0.05, 0) is 19.5 Å². The summed E-state index contributed by atoms with van der Waals surface area (Å²) in [6, 6.07) is 9.38. The van der Waals surface area contributed by atoms with Gasteiger partial charge in [0.15, 0.2) is 0 Å². The Balaban J connectivity index is 0.000000401. The first-order chi connectivity index (χ1) is 10.5. The molecule has 0 spiro atoms. The Morgan fingerprint density at radius 2 is 1.91 bits per heavy atom. The molecule has 7 nitrogen and oxygen atoms in total. The molecule has 1 atom stereocenters. The van der Waals surface area contributed by atoms with Crippen LogP contribution in [0.4, 0.5) is 4.79 Å². The van der Waals surface area contributed by atoms with Crippen LogP contribution in [0.2, 0.25) is 0 Å². The van der Waals surface area contributed by atoms with E-state index in [1.54, 1.807) is 7.05 Å². The second-order valence-electron chi connectivity index (χ2n) is 4.18. The van der Waals surface area contributed by atoms with Gasteiger partial charge >= 0.3 is 12.1 Å². The van der Waals surface area contributed by atoms with Crippen LogP contribution in [0.1, 0.15) is 19.4 Å². The van der Waals surface area contributed by atoms with E-state index in [2.05, 4.69) is 10.6 Å². The van der Waals surface area contributed by atoms with Crippen LogP contribution in [0.3, 0.4) is 0 Å². The minimum atomic E-state index is -0.992. The van der Waals surface area contributed by atoms with Gasteiger partial charge in [-0.25, -0.2) is 4.79 Å². The zero-order valence-electron chi connectivity index (χ0n) is 13.2. The van der Waals surface area contributed by atoms with Gasteiger partial charge in [-0.3, -0.25) is 10.1 Å². The Labute approximate surface area is 130 Å². The number of carbonyl (C=O) groups is 2. The van der Waals surface area contributed by atoms with Crippen molar-refractivity contribution in [3.63, 3.8) is 0 Å². The summed E-state index contributed by atoms with van der Waals surface area (Å²) in [6.07, 6.45) is -1.18. The molecule has 0 radical (unpaired) electrons. The number of carboxylic acid groups (broad SMARTS) is 1. The van der Waals surface area contributed by atoms with Crippen LogP contribution in [0, 0.1) is 0 Å². The zero-order chi connectivity index (χ0) is 16.8. The molecule has 0 saturated carbocycles. The average molecular weight is 312 g/mol. The molecule has 1 aromatic rings. The van der Waals surface area contributed by atoms with Crippen molar-refractivity contribution in [3.8, 4) is 0 Å². The first kappa shape index (κ1) is 19.9. The molecule has 1 unspecified atom stereocenters. The van der Waals surface area contributed by atoms with E-state index < -0.39 is 6.09 Å². The van der Waals surface area contributed by atoms with Crippen LogP contribution < -0.4 is 10.6 Å². The Bertz CT molecular complexity index is 425. The Kier molecular flexibility index (Phi) is 11.4. The van der Waals surface area contributed by atoms with Gasteiger partial charge in [-0.15, -0.1) is 0 Å². The van der Waals surface area contributed by atoms with Crippen molar-refractivity contribution in [2.24, 2.45) is 0 Å². The third-order valence-electron chi connectivity index (χ3n) is 2.41. The number of hydrogen-bond acceptors (Lipinski definition) is 5. The van der Waals surface area contributed by atoms with Crippen molar-refractivity contribution in [1.82, 2.24) is 10.6 Å². The van der Waals surface area contributed by atoms with E-state index in [-0.39, 0.29) is 18.8 Å². The highest BCUT2D eigenvalue weighted by atomic mass is 16.6. The lowest BCUT2D eigenvalue weighted by atomic mass is 10.2. The van der Waals surface area contributed by atoms with Crippen LogP contribution >= 0.6 is 0 Å². The van der Waals surface area contributed by atoms with Crippen LogP contribution in [-0.2, 0) is 20.8 Å². The normalized spacial score (nSPS) is 10.9. The van der Waals surface area contributed by atoms with Crippen LogP contribution in [-0.4, -0.2) is 43.7 Å². The predicted molar refractivity (Wildman–Crippen MR) is 82.4 cm³/mol. The molecule has 0 saturated heterocycles. The first-order valence-corrected chi connectivity index (χ1v) is 6.92. The highest BCUT2D eigenvalue weighted by Gasteiger charge is 2.05. The molecular formula is C15H24N2O5. The van der Waals surface area contributed by atoms with E-state index in [9.17, 15) is 9.59 Å². The summed E-state index contributed by atoms with van der Waals surface area (Å²) in [4.78, 5) is 20.4. The molecule has 0 aromatic heterocycles. The summed E-state index contributed by atoms with van der Waals surface area (Å²) in [6.45, 7) is 4.50. The molecule has 0 fully saturated rings. The lowest BCUT2D eigenvalue weighted by Crippen LogP contribution is -2.33. The Morgan fingerprint density at radius 1 is 1.27 bits per heavy atom. The van der Waals surface area contributed by atoms with E-state index in [0.29, 0.717) is 13.2 Å². The molecule has 22 heavy (non-hydrogen) atoms. The van der Waals surface area contributed by atoms with Gasteiger partial charge in [-0.1, -0.05) is 30.3 Å². The number of nitrogens with one attached hydrogen (secondary N) is 2. The third-order valence-corrected chi connectivity index (χ3v) is 2.41. The van der Waals surface area contributed by atoms with Crippen molar-refractivity contribution in [1.29, 1.82) is 0 Å². The molecule has 7 heteroatoms. The fraction of sp³-hybridized carbons (Fsp3) is 0.467. The molecule has 1 amide bonds. The number of amides is 1. The molecule has 0 aliphatic heterocycles. The molecule has 1 aromatic carbocycles. The minimum absolute atomic E-state index is 0.191. The van der Waals surface area contributed by atoms with Crippen molar-refractivity contribution < 1.29 is 24.2 Å². The van der Waals surface area contributed by atoms with Gasteiger partial charge in [0.1, 0.15) is 12.8 Å². The number of esters is 1. The number of rotatable bonds is 7. The molecule has 3 N–H and O–H groups in total. The number of carbonyl (C=O) groups excluding carboxylic acids is 1. The summed E-state index contributed by atoms with van der Waals surface area (Å²) in [5.41, 5.74) is 0.968. The molecular weight excluding hydrogens is 288 g/mol. The highest BCUT2D eigenvalue weighted by Crippen LogP contribution is 1.96. The third kappa shape index (κ3) is 11.7. The second-order valence-corrected chi connectivity index (χ2v) is 4.18. The summed E-state index contributed by atoms with van der Waals surface area (Å²) < 4.78 is 9.87. The van der Waals surface area contributed by atoms with E-state index >= 15 is 0 Å². The van der Waals surface area contributed by atoms with Crippen molar-refractivity contribution in [2.75, 3.05) is 20.3 Å². The molecule has 0 bridgehead atoms. The molecule has 0 aliphatic carbocycles. The zero-order valence-corrected chi connectivity index (χ0v) is 13.2. The van der Waals surface area contributed by atoms with Crippen LogP contribution in [0.5, 0.6) is 0 Å². The maximum absolute atomic E-state index is 10.4. The smallest absolute Gasteiger partial charge is 0.404 e. The lowest BCUT2D eigenvalue weighted by molar-refractivity contribution is -0.145. The van der Waals surface area contributed by atoms with Gasteiger partial charge in [0.05, 0.1) is 0 Å². The molecule has 0 heterocycles. The van der Waals surface area contributed by atoms with Crippen molar-refractivity contribution >= 4 is 12.1 Å². The van der Waals surface area contributed by atoms with Gasteiger partial charge in [0.25, 0.3) is 0 Å². The minimum Gasteiger partial charge on any atom is -0.465 e. The highest BCUT2D eigenvalue weighted by molar-refractivity contribution is 5.65.